The number of methoxy groups -OCH3 is 1. The predicted molar refractivity (Wildman–Crippen MR) is 115 cm³/mol. The summed E-state index contributed by atoms with van der Waals surface area (Å²) in [4.78, 5) is 4.16. The third-order valence-electron chi connectivity index (χ3n) is 2.33. The lowest BCUT2D eigenvalue weighted by Gasteiger charge is -2.00. The lowest BCUT2D eigenvalue weighted by molar-refractivity contribution is 0.309. The van der Waals surface area contributed by atoms with E-state index in [0.717, 1.165) is 17.6 Å². The van der Waals surface area contributed by atoms with E-state index in [-0.39, 0.29) is 0 Å². The number of hydrogen-bond donors (Lipinski definition) is 0. The normalized spacial score (nSPS) is 9.83. The van der Waals surface area contributed by atoms with Crippen molar-refractivity contribution in [3.8, 4) is 0 Å². The van der Waals surface area contributed by atoms with Crippen LogP contribution in [-0.2, 0) is 4.74 Å². The van der Waals surface area contributed by atoms with Gasteiger partial charge in [0.2, 0.25) is 0 Å². The van der Waals surface area contributed by atoms with Crippen molar-refractivity contribution in [2.24, 2.45) is 4.99 Å². The van der Waals surface area contributed by atoms with Gasteiger partial charge in [-0.3, -0.25) is 9.30 Å². The van der Waals surface area contributed by atoms with Gasteiger partial charge in [0.1, 0.15) is 5.76 Å². The monoisotopic (exact) mass is 352 g/mol. The highest BCUT2D eigenvalue weighted by Gasteiger charge is 1.93. The molecule has 0 amide bonds. The fraction of sp³-hybridized carbons (Fsp3) is 0.450. The smallest absolute Gasteiger partial charge is 0.111 e. The van der Waals surface area contributed by atoms with Crippen molar-refractivity contribution in [3.05, 3.63) is 61.1 Å². The summed E-state index contributed by atoms with van der Waals surface area (Å²) in [6, 6.07) is 0. The quantitative estimate of drug-likeness (QED) is 0.230. The van der Waals surface area contributed by atoms with E-state index in [1.54, 1.807) is 37.4 Å². The van der Waals surface area contributed by atoms with Crippen molar-refractivity contribution in [2.75, 3.05) is 27.5 Å². The zero-order valence-electron chi connectivity index (χ0n) is 16.7. The summed E-state index contributed by atoms with van der Waals surface area (Å²) in [6.07, 6.45) is 9.35. The zero-order valence-corrected chi connectivity index (χ0v) is 17.5. The van der Waals surface area contributed by atoms with Crippen molar-refractivity contribution in [1.82, 2.24) is 4.31 Å². The summed E-state index contributed by atoms with van der Waals surface area (Å²) < 4.78 is 6.93. The molecule has 0 radical (unpaired) electrons. The fourth-order valence-electron chi connectivity index (χ4n) is 0.701. The van der Waals surface area contributed by atoms with E-state index >= 15 is 0 Å². The van der Waals surface area contributed by atoms with Crippen LogP contribution in [0, 0.1) is 0 Å². The molecule has 0 spiro atoms. The molecule has 0 aliphatic heterocycles. The fourth-order valence-corrected chi connectivity index (χ4v) is 0.701. The second-order valence-electron chi connectivity index (χ2n) is 4.95. The first kappa shape index (κ1) is 27.3. The first-order valence-corrected chi connectivity index (χ1v) is 9.10. The third-order valence-corrected chi connectivity index (χ3v) is 3.06. The lowest BCUT2D eigenvalue weighted by Crippen LogP contribution is -1.95. The molecule has 0 aromatic rings. The third kappa shape index (κ3) is 22.8. The number of nitrogens with zero attached hydrogens (tertiary/aromatic N) is 2. The molecular formula is C20H36N2OS. The molecule has 3 nitrogen and oxygen atoms in total. The van der Waals surface area contributed by atoms with E-state index in [0.29, 0.717) is 11.5 Å². The van der Waals surface area contributed by atoms with Gasteiger partial charge in [-0.1, -0.05) is 65.5 Å². The van der Waals surface area contributed by atoms with E-state index < -0.39 is 0 Å². The van der Waals surface area contributed by atoms with E-state index in [2.05, 4.69) is 45.2 Å². The Kier molecular flexibility index (Phi) is 22.2. The molecule has 24 heavy (non-hydrogen) atoms. The molecule has 0 atom stereocenters. The van der Waals surface area contributed by atoms with Crippen molar-refractivity contribution in [3.63, 3.8) is 0 Å². The standard InChI is InChI=1S/C14H19NO.C3H9NS.C3H8/c1-7-11(2)10-15-14(5)12(3)8-9-13(4)16-6;1-4(2)5-3;1-3-2/h8-10H,2-5,7H2,1,6H3;1-3H3;3H2,1-2H3/b9-8-,15-10?;;. The van der Waals surface area contributed by atoms with Crippen molar-refractivity contribution < 1.29 is 4.74 Å². The highest BCUT2D eigenvalue weighted by Crippen LogP contribution is 2.10. The average molecular weight is 353 g/mol. The summed E-state index contributed by atoms with van der Waals surface area (Å²) in [7, 11) is 5.60. The van der Waals surface area contributed by atoms with Gasteiger partial charge in [0.25, 0.3) is 0 Å². The summed E-state index contributed by atoms with van der Waals surface area (Å²) in [5, 5.41) is 0. The Balaban J connectivity index is -0.000000458. The van der Waals surface area contributed by atoms with Crippen LogP contribution in [0.5, 0.6) is 0 Å². The van der Waals surface area contributed by atoms with Gasteiger partial charge in [0.15, 0.2) is 0 Å². The lowest BCUT2D eigenvalue weighted by atomic mass is 10.2. The number of ether oxygens (including phenoxy) is 1. The summed E-state index contributed by atoms with van der Waals surface area (Å²) in [5.41, 5.74) is 2.28. The summed E-state index contributed by atoms with van der Waals surface area (Å²) >= 11 is 1.71. The van der Waals surface area contributed by atoms with Crippen molar-refractivity contribution in [2.45, 2.75) is 33.6 Å². The molecule has 0 aliphatic rings. The largest absolute Gasteiger partial charge is 0.497 e. The van der Waals surface area contributed by atoms with E-state index in [1.165, 1.54) is 6.42 Å². The molecule has 0 bridgehead atoms. The van der Waals surface area contributed by atoms with Gasteiger partial charge in [0.05, 0.1) is 12.8 Å². The maximum absolute atomic E-state index is 4.89. The van der Waals surface area contributed by atoms with Gasteiger partial charge in [-0.2, -0.15) is 0 Å². The molecule has 0 heterocycles. The molecule has 0 saturated heterocycles. The van der Waals surface area contributed by atoms with E-state index in [9.17, 15) is 0 Å². The highest BCUT2D eigenvalue weighted by molar-refractivity contribution is 7.96. The van der Waals surface area contributed by atoms with Gasteiger partial charge in [-0.05, 0) is 50.1 Å². The topological polar surface area (TPSA) is 24.8 Å². The number of aliphatic imine (C=N–C) groups is 1. The van der Waals surface area contributed by atoms with Gasteiger partial charge < -0.3 is 4.74 Å². The molecule has 0 aliphatic carbocycles. The number of hydrogen-bond acceptors (Lipinski definition) is 4. The molecule has 4 heteroatoms. The van der Waals surface area contributed by atoms with Crippen LogP contribution in [0.15, 0.2) is 66.1 Å². The maximum atomic E-state index is 4.89. The molecule has 0 aromatic carbocycles. The van der Waals surface area contributed by atoms with Crippen LogP contribution in [0.2, 0.25) is 0 Å². The highest BCUT2D eigenvalue weighted by atomic mass is 32.2. The van der Waals surface area contributed by atoms with Crippen LogP contribution in [0.1, 0.15) is 33.6 Å². The number of allylic oxidation sites excluding steroid dienone is 3. The molecule has 0 N–H and O–H groups in total. The second-order valence-corrected chi connectivity index (χ2v) is 6.04. The van der Waals surface area contributed by atoms with Crippen molar-refractivity contribution in [1.29, 1.82) is 0 Å². The van der Waals surface area contributed by atoms with Crippen LogP contribution in [0.25, 0.3) is 0 Å². The Morgan fingerprint density at radius 1 is 1.08 bits per heavy atom. The van der Waals surface area contributed by atoms with Crippen LogP contribution in [0.3, 0.4) is 0 Å². The van der Waals surface area contributed by atoms with Gasteiger partial charge >= 0.3 is 0 Å². The Morgan fingerprint density at radius 3 is 1.88 bits per heavy atom. The van der Waals surface area contributed by atoms with Gasteiger partial charge in [0, 0.05) is 6.21 Å². The van der Waals surface area contributed by atoms with E-state index in [1.807, 2.05) is 31.6 Å². The second kappa shape index (κ2) is 19.5. The van der Waals surface area contributed by atoms with Gasteiger partial charge in [-0.15, -0.1) is 0 Å². The Morgan fingerprint density at radius 2 is 1.54 bits per heavy atom. The van der Waals surface area contributed by atoms with Crippen molar-refractivity contribution >= 4 is 18.2 Å². The Labute approximate surface area is 154 Å². The molecule has 0 fully saturated rings. The first-order valence-electron chi connectivity index (χ1n) is 7.92. The van der Waals surface area contributed by atoms with Crippen LogP contribution < -0.4 is 0 Å². The minimum Gasteiger partial charge on any atom is -0.497 e. The molecule has 0 saturated carbocycles. The molecule has 138 valence electrons. The molecule has 0 aromatic heterocycles. The number of rotatable bonds is 8. The zero-order chi connectivity index (χ0) is 19.5. The Bertz CT molecular complexity index is 399. The predicted octanol–water partition coefficient (Wildman–Crippen LogP) is 6.05. The van der Waals surface area contributed by atoms with Crippen LogP contribution >= 0.6 is 11.9 Å². The van der Waals surface area contributed by atoms with E-state index in [4.69, 9.17) is 4.74 Å². The van der Waals surface area contributed by atoms with Gasteiger partial charge in [-0.25, -0.2) is 0 Å². The average Bonchev–Trinajstić information content (AvgIpc) is 2.57. The Hall–Kier alpha value is -1.52. The van der Waals surface area contributed by atoms with Crippen LogP contribution in [0.4, 0.5) is 0 Å². The summed E-state index contributed by atoms with van der Waals surface area (Å²) in [5.74, 6) is 0.566. The first-order chi connectivity index (χ1) is 11.2. The molecular weight excluding hydrogens is 316 g/mol. The minimum atomic E-state index is 0.566. The minimum absolute atomic E-state index is 0.566. The van der Waals surface area contributed by atoms with Crippen LogP contribution in [-0.4, -0.2) is 38.0 Å². The molecule has 0 rings (SSSR count). The maximum Gasteiger partial charge on any atom is 0.111 e. The SMILES string of the molecule is C=C(C=NC(=C)C(=C)/C=C\C(=C)OC)CC.CCC.CSN(C)C. The molecule has 0 unspecified atom stereocenters. The summed E-state index contributed by atoms with van der Waals surface area (Å²) in [6.45, 7) is 21.4.